The van der Waals surface area contributed by atoms with Crippen LogP contribution in [0, 0.1) is 11.3 Å². The predicted octanol–water partition coefficient (Wildman–Crippen LogP) is 2.49. The highest BCUT2D eigenvalue weighted by Gasteiger charge is 2.16. The number of ether oxygens (including phenoxy) is 1. The minimum atomic E-state index is -0.372. The number of hydrogen-bond donors (Lipinski definition) is 2. The molecule has 18 heavy (non-hydrogen) atoms. The van der Waals surface area contributed by atoms with Gasteiger partial charge in [-0.15, -0.1) is 0 Å². The van der Waals surface area contributed by atoms with E-state index in [1.165, 1.54) is 7.11 Å². The molecule has 0 spiro atoms. The molecule has 0 saturated heterocycles. The number of amides is 2. The summed E-state index contributed by atoms with van der Waals surface area (Å²) in [5, 5.41) is 14.4. The van der Waals surface area contributed by atoms with E-state index < -0.39 is 0 Å². The minimum absolute atomic E-state index is 0.348. The number of nitrogens with one attached hydrogen (secondary N) is 2. The maximum atomic E-state index is 11.8. The first kappa shape index (κ1) is 13.8. The fourth-order valence-corrected chi connectivity index (χ4v) is 1.41. The summed E-state index contributed by atoms with van der Waals surface area (Å²) in [6.07, 6.45) is 0. The highest BCUT2D eigenvalue weighted by atomic mass is 16.5. The molecule has 0 unspecified atom stereocenters. The van der Waals surface area contributed by atoms with Crippen molar-refractivity contribution in [2.45, 2.75) is 26.3 Å². The maximum Gasteiger partial charge on any atom is 0.319 e. The summed E-state index contributed by atoms with van der Waals surface area (Å²) in [6.45, 7) is 5.63. The van der Waals surface area contributed by atoms with Crippen LogP contribution in [0.15, 0.2) is 18.2 Å². The smallest absolute Gasteiger partial charge is 0.319 e. The van der Waals surface area contributed by atoms with Gasteiger partial charge >= 0.3 is 6.03 Å². The molecule has 1 rings (SSSR count). The average Bonchev–Trinajstić information content (AvgIpc) is 2.26. The Kier molecular flexibility index (Phi) is 4.16. The van der Waals surface area contributed by atoms with Crippen LogP contribution in [0.5, 0.6) is 5.75 Å². The van der Waals surface area contributed by atoms with E-state index in [0.717, 1.165) is 0 Å². The molecule has 0 aliphatic rings. The van der Waals surface area contributed by atoms with Crippen LogP contribution in [-0.2, 0) is 0 Å². The van der Waals surface area contributed by atoms with Crippen LogP contribution in [0.1, 0.15) is 26.3 Å². The molecular weight excluding hydrogens is 230 g/mol. The van der Waals surface area contributed by atoms with Crippen LogP contribution in [0.3, 0.4) is 0 Å². The van der Waals surface area contributed by atoms with Crippen molar-refractivity contribution in [2.24, 2.45) is 0 Å². The molecule has 0 radical (unpaired) electrons. The molecule has 0 heterocycles. The molecule has 96 valence electrons. The Labute approximate surface area is 107 Å². The van der Waals surface area contributed by atoms with Crippen LogP contribution < -0.4 is 15.4 Å². The number of nitriles is 1. The van der Waals surface area contributed by atoms with Crippen molar-refractivity contribution in [1.82, 2.24) is 5.32 Å². The minimum Gasteiger partial charge on any atom is -0.495 e. The molecular formula is C13H17N3O2. The fraction of sp³-hybridized carbons (Fsp3) is 0.385. The Hall–Kier alpha value is -2.22. The van der Waals surface area contributed by atoms with Gasteiger partial charge in [-0.25, -0.2) is 4.79 Å². The summed E-state index contributed by atoms with van der Waals surface area (Å²) >= 11 is 0. The van der Waals surface area contributed by atoms with E-state index in [1.54, 1.807) is 18.2 Å². The van der Waals surface area contributed by atoms with E-state index >= 15 is 0 Å². The lowest BCUT2D eigenvalue weighted by Gasteiger charge is -2.21. The van der Waals surface area contributed by atoms with Crippen LogP contribution in [-0.4, -0.2) is 18.7 Å². The van der Waals surface area contributed by atoms with Crippen molar-refractivity contribution in [3.8, 4) is 11.8 Å². The number of hydrogen-bond acceptors (Lipinski definition) is 3. The van der Waals surface area contributed by atoms with Gasteiger partial charge in [-0.05, 0) is 32.9 Å². The van der Waals surface area contributed by atoms with Gasteiger partial charge in [-0.2, -0.15) is 5.26 Å². The van der Waals surface area contributed by atoms with E-state index in [0.29, 0.717) is 17.0 Å². The Bertz CT molecular complexity index is 484. The molecule has 2 N–H and O–H groups in total. The molecule has 1 aromatic carbocycles. The van der Waals surface area contributed by atoms with E-state index in [2.05, 4.69) is 10.6 Å². The highest BCUT2D eigenvalue weighted by Crippen LogP contribution is 2.27. The summed E-state index contributed by atoms with van der Waals surface area (Å²) in [7, 11) is 1.49. The van der Waals surface area contributed by atoms with Gasteiger partial charge in [0.25, 0.3) is 0 Å². The fourth-order valence-electron chi connectivity index (χ4n) is 1.41. The van der Waals surface area contributed by atoms with E-state index in [9.17, 15) is 4.79 Å². The van der Waals surface area contributed by atoms with Gasteiger partial charge in [0.2, 0.25) is 0 Å². The van der Waals surface area contributed by atoms with E-state index in [4.69, 9.17) is 10.00 Å². The molecule has 0 saturated carbocycles. The Balaban J connectivity index is 2.97. The number of rotatable bonds is 2. The second-order valence-electron chi connectivity index (χ2n) is 4.82. The summed E-state index contributed by atoms with van der Waals surface area (Å²) in [5.41, 5.74) is 0.390. The maximum absolute atomic E-state index is 11.8. The molecule has 5 nitrogen and oxygen atoms in total. The average molecular weight is 247 g/mol. The van der Waals surface area contributed by atoms with Crippen molar-refractivity contribution in [3.05, 3.63) is 23.8 Å². The van der Waals surface area contributed by atoms with Crippen LogP contribution in [0.4, 0.5) is 10.5 Å². The number of nitrogens with zero attached hydrogens (tertiary/aromatic N) is 1. The zero-order valence-corrected chi connectivity index (χ0v) is 11.0. The topological polar surface area (TPSA) is 74.1 Å². The monoisotopic (exact) mass is 247 g/mol. The Morgan fingerprint density at radius 1 is 1.39 bits per heavy atom. The van der Waals surface area contributed by atoms with Crippen molar-refractivity contribution in [3.63, 3.8) is 0 Å². The number of carbonyl (C=O) groups is 1. The lowest BCUT2D eigenvalue weighted by molar-refractivity contribution is 0.243. The summed E-state index contributed by atoms with van der Waals surface area (Å²) in [5.74, 6) is 0.457. The molecule has 0 aliphatic carbocycles. The van der Waals surface area contributed by atoms with Crippen LogP contribution in [0.25, 0.3) is 0 Å². The lowest BCUT2D eigenvalue weighted by Crippen LogP contribution is -2.43. The van der Waals surface area contributed by atoms with Gasteiger partial charge in [0.1, 0.15) is 17.5 Å². The first-order valence-corrected chi connectivity index (χ1v) is 5.53. The summed E-state index contributed by atoms with van der Waals surface area (Å²) < 4.78 is 5.13. The number of methoxy groups -OCH3 is 1. The lowest BCUT2D eigenvalue weighted by atomic mass is 10.1. The van der Waals surface area contributed by atoms with Gasteiger partial charge in [0.05, 0.1) is 12.7 Å². The zero-order chi connectivity index (χ0) is 13.8. The Morgan fingerprint density at radius 3 is 2.56 bits per heavy atom. The number of para-hydroxylation sites is 1. The third-order valence-electron chi connectivity index (χ3n) is 2.09. The second kappa shape index (κ2) is 5.41. The number of urea groups is 1. The van der Waals surface area contributed by atoms with Crippen molar-refractivity contribution >= 4 is 11.7 Å². The quantitative estimate of drug-likeness (QED) is 0.843. The molecule has 0 atom stereocenters. The molecule has 1 aromatic rings. The molecule has 0 bridgehead atoms. The van der Waals surface area contributed by atoms with E-state index in [1.807, 2.05) is 26.8 Å². The third-order valence-corrected chi connectivity index (χ3v) is 2.09. The normalized spacial score (nSPS) is 10.4. The molecule has 0 aliphatic heterocycles. The van der Waals surface area contributed by atoms with Crippen LogP contribution in [0.2, 0.25) is 0 Å². The molecule has 2 amide bonds. The standard InChI is InChI=1S/C13H17N3O2/c1-13(2,3)16-12(17)15-11-9(8-14)6-5-7-10(11)18-4/h5-7H,1-4H3,(H2,15,16,17). The summed E-state index contributed by atoms with van der Waals surface area (Å²) in [4.78, 5) is 11.8. The van der Waals surface area contributed by atoms with Crippen molar-refractivity contribution in [1.29, 1.82) is 5.26 Å². The number of benzene rings is 1. The van der Waals surface area contributed by atoms with Gasteiger partial charge in [0, 0.05) is 5.54 Å². The first-order valence-electron chi connectivity index (χ1n) is 5.53. The predicted molar refractivity (Wildman–Crippen MR) is 69.6 cm³/mol. The largest absolute Gasteiger partial charge is 0.495 e. The summed E-state index contributed by atoms with van der Waals surface area (Å²) in [6, 6.07) is 6.65. The van der Waals surface area contributed by atoms with E-state index in [-0.39, 0.29) is 11.6 Å². The van der Waals surface area contributed by atoms with Gasteiger partial charge < -0.3 is 15.4 Å². The molecule has 5 heteroatoms. The SMILES string of the molecule is COc1cccc(C#N)c1NC(=O)NC(C)(C)C. The Morgan fingerprint density at radius 2 is 2.06 bits per heavy atom. The zero-order valence-electron chi connectivity index (χ0n) is 11.0. The number of anilines is 1. The first-order chi connectivity index (χ1) is 8.37. The van der Waals surface area contributed by atoms with Gasteiger partial charge in [-0.1, -0.05) is 6.07 Å². The van der Waals surface area contributed by atoms with Gasteiger partial charge in [0.15, 0.2) is 0 Å². The third kappa shape index (κ3) is 3.67. The molecule has 0 fully saturated rings. The molecule has 0 aromatic heterocycles. The highest BCUT2D eigenvalue weighted by molar-refractivity contribution is 5.93. The van der Waals surface area contributed by atoms with Crippen LogP contribution >= 0.6 is 0 Å². The van der Waals surface area contributed by atoms with Crippen molar-refractivity contribution < 1.29 is 9.53 Å². The second-order valence-corrected chi connectivity index (χ2v) is 4.82. The van der Waals surface area contributed by atoms with Gasteiger partial charge in [-0.3, -0.25) is 0 Å². The number of carbonyl (C=O) groups excluding carboxylic acids is 1. The van der Waals surface area contributed by atoms with Crippen molar-refractivity contribution in [2.75, 3.05) is 12.4 Å².